The highest BCUT2D eigenvalue weighted by Crippen LogP contribution is 2.12. The van der Waals surface area contributed by atoms with E-state index in [4.69, 9.17) is 16.2 Å². The van der Waals surface area contributed by atoms with E-state index in [-0.39, 0.29) is 5.96 Å². The van der Waals surface area contributed by atoms with Crippen molar-refractivity contribution >= 4 is 5.96 Å². The van der Waals surface area contributed by atoms with E-state index in [0.717, 1.165) is 18.6 Å². The number of hydrogen-bond donors (Lipinski definition) is 2. The number of hydrogen-bond acceptors (Lipinski definition) is 2. The standard InChI is InChI=1S/C11H17N3O/c1-15-10-6-4-9(5-7-10)3-2-8-14-11(12)13/h4-7H,2-3,8H2,1H3,(H4,12,13,14). The maximum atomic E-state index is 5.22. The van der Waals surface area contributed by atoms with Crippen LogP contribution in [0.3, 0.4) is 0 Å². The molecule has 1 aromatic rings. The van der Waals surface area contributed by atoms with Gasteiger partial charge < -0.3 is 16.2 Å². The highest BCUT2D eigenvalue weighted by atomic mass is 16.5. The molecule has 0 spiro atoms. The van der Waals surface area contributed by atoms with E-state index in [1.54, 1.807) is 7.11 Å². The molecule has 0 amide bonds. The molecule has 0 heterocycles. The molecular weight excluding hydrogens is 190 g/mol. The van der Waals surface area contributed by atoms with Crippen LogP contribution in [-0.4, -0.2) is 19.6 Å². The van der Waals surface area contributed by atoms with Gasteiger partial charge >= 0.3 is 0 Å². The zero-order chi connectivity index (χ0) is 11.1. The van der Waals surface area contributed by atoms with Crippen LogP contribution >= 0.6 is 0 Å². The van der Waals surface area contributed by atoms with Gasteiger partial charge in [0.25, 0.3) is 0 Å². The van der Waals surface area contributed by atoms with Crippen LogP contribution in [0.1, 0.15) is 12.0 Å². The molecule has 0 fully saturated rings. The zero-order valence-electron chi connectivity index (χ0n) is 8.94. The van der Waals surface area contributed by atoms with Gasteiger partial charge in [-0.25, -0.2) is 0 Å². The van der Waals surface area contributed by atoms with Crippen molar-refractivity contribution in [3.63, 3.8) is 0 Å². The number of rotatable bonds is 5. The van der Waals surface area contributed by atoms with Crippen molar-refractivity contribution in [3.05, 3.63) is 29.8 Å². The minimum absolute atomic E-state index is 0.157. The lowest BCUT2D eigenvalue weighted by molar-refractivity contribution is 0.414. The normalized spacial score (nSPS) is 9.67. The van der Waals surface area contributed by atoms with Gasteiger partial charge in [-0.1, -0.05) is 12.1 Å². The van der Waals surface area contributed by atoms with Crippen LogP contribution in [0, 0.1) is 0 Å². The van der Waals surface area contributed by atoms with Gasteiger partial charge in [0.1, 0.15) is 5.75 Å². The number of nitrogens with two attached hydrogens (primary N) is 2. The summed E-state index contributed by atoms with van der Waals surface area (Å²) in [4.78, 5) is 3.92. The number of ether oxygens (including phenoxy) is 1. The zero-order valence-corrected chi connectivity index (χ0v) is 8.94. The van der Waals surface area contributed by atoms with Gasteiger partial charge in [0.15, 0.2) is 5.96 Å². The van der Waals surface area contributed by atoms with Crippen molar-refractivity contribution in [3.8, 4) is 5.75 Å². The van der Waals surface area contributed by atoms with Crippen LogP contribution in [0.2, 0.25) is 0 Å². The minimum atomic E-state index is 0.157. The number of benzene rings is 1. The summed E-state index contributed by atoms with van der Waals surface area (Å²) in [5.74, 6) is 1.03. The number of aliphatic imine (C=N–C) groups is 1. The summed E-state index contributed by atoms with van der Waals surface area (Å²) in [5.41, 5.74) is 11.7. The molecule has 0 aliphatic carbocycles. The van der Waals surface area contributed by atoms with Gasteiger partial charge in [0.2, 0.25) is 0 Å². The Morgan fingerprint density at radius 2 is 1.93 bits per heavy atom. The molecule has 4 nitrogen and oxygen atoms in total. The molecule has 15 heavy (non-hydrogen) atoms. The second-order valence-electron chi connectivity index (χ2n) is 3.26. The number of guanidine groups is 1. The monoisotopic (exact) mass is 207 g/mol. The third kappa shape index (κ3) is 4.35. The maximum Gasteiger partial charge on any atom is 0.185 e. The highest BCUT2D eigenvalue weighted by molar-refractivity contribution is 5.75. The topological polar surface area (TPSA) is 73.6 Å². The Morgan fingerprint density at radius 3 is 2.47 bits per heavy atom. The van der Waals surface area contributed by atoms with E-state index in [1.807, 2.05) is 24.3 Å². The van der Waals surface area contributed by atoms with E-state index in [9.17, 15) is 0 Å². The quantitative estimate of drug-likeness (QED) is 0.428. The summed E-state index contributed by atoms with van der Waals surface area (Å²) < 4.78 is 5.07. The van der Waals surface area contributed by atoms with Crippen LogP contribution in [0.15, 0.2) is 29.3 Å². The van der Waals surface area contributed by atoms with E-state index in [1.165, 1.54) is 5.56 Å². The maximum absolute atomic E-state index is 5.22. The molecule has 4 N–H and O–H groups in total. The Kier molecular flexibility index (Phi) is 4.47. The van der Waals surface area contributed by atoms with Crippen molar-refractivity contribution in [1.29, 1.82) is 0 Å². The molecule has 82 valence electrons. The lowest BCUT2D eigenvalue weighted by Gasteiger charge is -2.02. The lowest BCUT2D eigenvalue weighted by Crippen LogP contribution is -2.23. The van der Waals surface area contributed by atoms with Gasteiger partial charge in [-0.2, -0.15) is 0 Å². The molecule has 1 rings (SSSR count). The summed E-state index contributed by atoms with van der Waals surface area (Å²) in [5, 5.41) is 0. The van der Waals surface area contributed by atoms with Gasteiger partial charge in [-0.15, -0.1) is 0 Å². The molecule has 0 unspecified atom stereocenters. The number of methoxy groups -OCH3 is 1. The molecule has 0 aliphatic rings. The van der Waals surface area contributed by atoms with Crippen molar-refractivity contribution < 1.29 is 4.74 Å². The first-order valence-corrected chi connectivity index (χ1v) is 4.90. The van der Waals surface area contributed by atoms with Crippen molar-refractivity contribution in [2.75, 3.05) is 13.7 Å². The smallest absolute Gasteiger partial charge is 0.185 e. The first-order chi connectivity index (χ1) is 7.22. The highest BCUT2D eigenvalue weighted by Gasteiger charge is 1.94. The minimum Gasteiger partial charge on any atom is -0.497 e. The number of aryl methyl sites for hydroxylation is 1. The Hall–Kier alpha value is -1.71. The van der Waals surface area contributed by atoms with Gasteiger partial charge in [0, 0.05) is 6.54 Å². The van der Waals surface area contributed by atoms with E-state index < -0.39 is 0 Å². The Labute approximate surface area is 89.9 Å². The molecular formula is C11H17N3O. The van der Waals surface area contributed by atoms with Crippen molar-refractivity contribution in [1.82, 2.24) is 0 Å². The molecule has 0 bridgehead atoms. The van der Waals surface area contributed by atoms with Crippen LogP contribution in [0.5, 0.6) is 5.75 Å². The van der Waals surface area contributed by atoms with Crippen molar-refractivity contribution in [2.45, 2.75) is 12.8 Å². The second kappa shape index (κ2) is 5.90. The van der Waals surface area contributed by atoms with Crippen LogP contribution < -0.4 is 16.2 Å². The Balaban J connectivity index is 2.35. The van der Waals surface area contributed by atoms with Crippen LogP contribution in [0.4, 0.5) is 0 Å². The van der Waals surface area contributed by atoms with E-state index in [2.05, 4.69) is 4.99 Å². The second-order valence-corrected chi connectivity index (χ2v) is 3.26. The molecule has 0 atom stereocenters. The summed E-state index contributed by atoms with van der Waals surface area (Å²) in [7, 11) is 1.66. The molecule has 0 saturated carbocycles. The SMILES string of the molecule is COc1ccc(CCCN=C(N)N)cc1. The van der Waals surface area contributed by atoms with Crippen molar-refractivity contribution in [2.24, 2.45) is 16.5 Å². The van der Waals surface area contributed by atoms with Crippen LogP contribution in [-0.2, 0) is 6.42 Å². The summed E-state index contributed by atoms with van der Waals surface area (Å²) in [6.07, 6.45) is 1.92. The first-order valence-electron chi connectivity index (χ1n) is 4.90. The third-order valence-electron chi connectivity index (χ3n) is 2.08. The first kappa shape index (κ1) is 11.4. The number of nitrogens with zero attached hydrogens (tertiary/aromatic N) is 1. The van der Waals surface area contributed by atoms with E-state index >= 15 is 0 Å². The molecule has 0 radical (unpaired) electrons. The fourth-order valence-electron chi connectivity index (χ4n) is 1.28. The Bertz CT molecular complexity index is 315. The summed E-state index contributed by atoms with van der Waals surface area (Å²) in [6.45, 7) is 0.675. The Morgan fingerprint density at radius 1 is 1.27 bits per heavy atom. The largest absolute Gasteiger partial charge is 0.497 e. The van der Waals surface area contributed by atoms with Gasteiger partial charge in [-0.05, 0) is 30.5 Å². The van der Waals surface area contributed by atoms with Gasteiger partial charge in [-0.3, -0.25) is 4.99 Å². The molecule has 0 saturated heterocycles. The average molecular weight is 207 g/mol. The third-order valence-corrected chi connectivity index (χ3v) is 2.08. The van der Waals surface area contributed by atoms with E-state index in [0.29, 0.717) is 6.54 Å². The van der Waals surface area contributed by atoms with Crippen LogP contribution in [0.25, 0.3) is 0 Å². The average Bonchev–Trinajstić information content (AvgIpc) is 2.25. The molecule has 1 aromatic carbocycles. The summed E-state index contributed by atoms with van der Waals surface area (Å²) >= 11 is 0. The van der Waals surface area contributed by atoms with Gasteiger partial charge in [0.05, 0.1) is 7.11 Å². The lowest BCUT2D eigenvalue weighted by atomic mass is 10.1. The predicted molar refractivity (Wildman–Crippen MR) is 62.0 cm³/mol. The molecule has 0 aliphatic heterocycles. The fourth-order valence-corrected chi connectivity index (χ4v) is 1.28. The fraction of sp³-hybridized carbons (Fsp3) is 0.364. The molecule has 4 heteroatoms. The predicted octanol–water partition coefficient (Wildman–Crippen LogP) is 0.901. The molecule has 0 aromatic heterocycles. The summed E-state index contributed by atoms with van der Waals surface area (Å²) in [6, 6.07) is 8.01.